The Morgan fingerprint density at radius 3 is 2.77 bits per heavy atom. The van der Waals surface area contributed by atoms with Gasteiger partial charge in [-0.2, -0.15) is 4.39 Å². The van der Waals surface area contributed by atoms with Gasteiger partial charge in [-0.25, -0.2) is 23.4 Å². The van der Waals surface area contributed by atoms with Crippen LogP contribution < -0.4 is 10.9 Å². The summed E-state index contributed by atoms with van der Waals surface area (Å²) in [6, 6.07) is 11.3. The minimum Gasteiger partial charge on any atom is -0.359 e. The van der Waals surface area contributed by atoms with E-state index in [2.05, 4.69) is 32.2 Å². The second-order valence-corrected chi connectivity index (χ2v) is 11.5. The van der Waals surface area contributed by atoms with Crippen LogP contribution >= 0.6 is 11.6 Å². The third-order valence-electron chi connectivity index (χ3n) is 8.40. The molecule has 8 rings (SSSR count). The van der Waals surface area contributed by atoms with E-state index in [1.165, 1.54) is 10.7 Å². The normalized spacial score (nSPS) is 20.1. The first kappa shape index (κ1) is 26.0. The molecule has 3 atom stereocenters. The predicted octanol–water partition coefficient (Wildman–Crippen LogP) is 6.19. The number of hydrogen-bond donors (Lipinski definition) is 2. The van der Waals surface area contributed by atoms with E-state index in [9.17, 15) is 13.6 Å². The van der Waals surface area contributed by atoms with Gasteiger partial charge in [0.2, 0.25) is 5.95 Å². The van der Waals surface area contributed by atoms with E-state index in [1.807, 2.05) is 18.2 Å². The summed E-state index contributed by atoms with van der Waals surface area (Å²) < 4.78 is 44.5. The van der Waals surface area contributed by atoms with Gasteiger partial charge in [0.25, 0.3) is 12.0 Å². The monoisotopic (exact) mass is 602 g/mol. The fraction of sp³-hybridized carbons (Fsp3) is 0.233. The second kappa shape index (κ2) is 9.40. The van der Waals surface area contributed by atoms with Crippen LogP contribution in [0.1, 0.15) is 54.1 Å². The highest BCUT2D eigenvalue weighted by atomic mass is 35.5. The Morgan fingerprint density at radius 2 is 1.95 bits per heavy atom. The van der Waals surface area contributed by atoms with Gasteiger partial charge in [-0.15, -0.1) is 5.10 Å². The van der Waals surface area contributed by atoms with Crippen molar-refractivity contribution in [1.29, 1.82) is 0 Å². The lowest BCUT2D eigenvalue weighted by Gasteiger charge is -2.20. The second-order valence-electron chi connectivity index (χ2n) is 11.1. The smallest absolute Gasteiger partial charge is 0.283 e. The molecular weight excluding hydrogens is 581 g/mol. The number of imidazole rings is 1. The van der Waals surface area contributed by atoms with Gasteiger partial charge in [0, 0.05) is 39.5 Å². The fourth-order valence-electron chi connectivity index (χ4n) is 6.28. The van der Waals surface area contributed by atoms with Crippen molar-refractivity contribution in [2.45, 2.75) is 37.6 Å². The number of nitrogens with zero attached hydrogens (tertiary/aromatic N) is 6. The topological polar surface area (TPSA) is 106 Å². The van der Waals surface area contributed by atoms with Gasteiger partial charge < -0.3 is 10.3 Å². The molecule has 2 N–H and O–H groups in total. The van der Waals surface area contributed by atoms with Crippen molar-refractivity contribution in [3.05, 3.63) is 105 Å². The molecule has 3 aliphatic rings. The highest BCUT2D eigenvalue weighted by Gasteiger charge is 2.55. The Kier molecular flexibility index (Phi) is 5.67. The zero-order chi connectivity index (χ0) is 29.6. The number of hydrogen-bond acceptors (Lipinski definition) is 6. The van der Waals surface area contributed by atoms with E-state index in [0.29, 0.717) is 39.2 Å². The van der Waals surface area contributed by atoms with Crippen molar-refractivity contribution in [1.82, 2.24) is 34.5 Å². The molecule has 0 amide bonds. The van der Waals surface area contributed by atoms with Crippen molar-refractivity contribution >= 4 is 17.3 Å². The third-order valence-corrected chi connectivity index (χ3v) is 8.63. The third kappa shape index (κ3) is 4.19. The fourth-order valence-corrected chi connectivity index (χ4v) is 6.45. The van der Waals surface area contributed by atoms with E-state index in [1.54, 1.807) is 22.8 Å². The Hall–Kier alpha value is -4.71. The van der Waals surface area contributed by atoms with Crippen LogP contribution in [0.5, 0.6) is 0 Å². The summed E-state index contributed by atoms with van der Waals surface area (Å²) in [6.45, 7) is 3.98. The maximum atomic E-state index is 15.3. The van der Waals surface area contributed by atoms with E-state index < -0.39 is 24.1 Å². The van der Waals surface area contributed by atoms with Crippen molar-refractivity contribution in [2.75, 3.05) is 5.32 Å². The number of alkyl halides is 2. The number of benzene rings is 2. The first-order valence-corrected chi connectivity index (χ1v) is 14.1. The molecule has 2 aliphatic heterocycles. The van der Waals surface area contributed by atoms with Gasteiger partial charge in [0.1, 0.15) is 23.0 Å². The number of aryl methyl sites for hydroxylation is 1. The zero-order valence-electron chi connectivity index (χ0n) is 22.4. The molecule has 9 nitrogen and oxygen atoms in total. The lowest BCUT2D eigenvalue weighted by molar-refractivity contribution is 0.146. The minimum absolute atomic E-state index is 0.00313. The number of nitrogens with one attached hydrogen (secondary N) is 2. The van der Waals surface area contributed by atoms with E-state index >= 15 is 4.39 Å². The first-order chi connectivity index (χ1) is 20.7. The van der Waals surface area contributed by atoms with Crippen molar-refractivity contribution in [3.8, 4) is 28.2 Å². The van der Waals surface area contributed by atoms with E-state index in [0.717, 1.165) is 42.4 Å². The molecule has 13 heteroatoms. The van der Waals surface area contributed by atoms with Gasteiger partial charge in [-0.05, 0) is 61.1 Å². The molecule has 3 aromatic heterocycles. The van der Waals surface area contributed by atoms with Gasteiger partial charge in [0.05, 0.1) is 23.6 Å². The molecule has 0 radical (unpaired) electrons. The quantitative estimate of drug-likeness (QED) is 0.248. The number of fused-ring (bicyclic) bond motifs is 4. The summed E-state index contributed by atoms with van der Waals surface area (Å²) in [4.78, 5) is 25.9. The zero-order valence-corrected chi connectivity index (χ0v) is 23.1. The van der Waals surface area contributed by atoms with Gasteiger partial charge in [-0.3, -0.25) is 9.36 Å². The number of rotatable bonds is 5. The molecule has 1 saturated carbocycles. The Balaban J connectivity index is 1.17. The maximum absolute atomic E-state index is 15.3. The van der Waals surface area contributed by atoms with Crippen LogP contribution in [-0.4, -0.2) is 34.5 Å². The number of H-pyrrole nitrogens is 1. The van der Waals surface area contributed by atoms with Gasteiger partial charge in [0.15, 0.2) is 0 Å². The molecule has 1 fully saturated rings. The maximum Gasteiger partial charge on any atom is 0.283 e. The molecular formula is C30H22ClF3N8O. The summed E-state index contributed by atoms with van der Waals surface area (Å²) >= 11 is 6.29. The summed E-state index contributed by atoms with van der Waals surface area (Å²) in [5.41, 5.74) is 4.15. The number of aromatic nitrogens is 7. The molecule has 216 valence electrons. The molecule has 0 spiro atoms. The van der Waals surface area contributed by atoms with Crippen molar-refractivity contribution in [3.63, 3.8) is 0 Å². The SMILES string of the molecule is C=C1CCc2cc(-c3nc(C4C5CC5c5nc(-c6cc(Cl)ccc6-n6cc(C(F)F)nn6)cc(=O)n54)[nH]c3F)ccc2N1. The van der Waals surface area contributed by atoms with Crippen LogP contribution in [0.3, 0.4) is 0 Å². The molecule has 3 unspecified atom stereocenters. The highest BCUT2D eigenvalue weighted by molar-refractivity contribution is 6.31. The summed E-state index contributed by atoms with van der Waals surface area (Å²) in [5, 5.41) is 11.0. The van der Waals surface area contributed by atoms with Crippen molar-refractivity contribution < 1.29 is 13.2 Å². The van der Waals surface area contributed by atoms with Crippen LogP contribution in [0, 0.1) is 11.9 Å². The average Bonchev–Trinajstić information content (AvgIpc) is 3.28. The largest absolute Gasteiger partial charge is 0.359 e. The molecule has 1 aliphatic carbocycles. The minimum atomic E-state index is -2.78. The number of halogens is 4. The van der Waals surface area contributed by atoms with Gasteiger partial charge in [-0.1, -0.05) is 29.5 Å². The summed E-state index contributed by atoms with van der Waals surface area (Å²) in [6.07, 6.45) is 0.721. The van der Waals surface area contributed by atoms with Crippen LogP contribution in [0.2, 0.25) is 5.02 Å². The molecule has 0 saturated heterocycles. The van der Waals surface area contributed by atoms with Gasteiger partial charge >= 0.3 is 0 Å². The van der Waals surface area contributed by atoms with E-state index in [4.69, 9.17) is 16.6 Å². The summed E-state index contributed by atoms with van der Waals surface area (Å²) in [5.74, 6) is 0.400. The first-order valence-electron chi connectivity index (χ1n) is 13.7. The molecule has 5 heterocycles. The number of allylic oxidation sites excluding steroid dienone is 1. The highest BCUT2D eigenvalue weighted by Crippen LogP contribution is 2.60. The number of anilines is 1. The molecule has 43 heavy (non-hydrogen) atoms. The molecule has 0 bridgehead atoms. The Morgan fingerprint density at radius 1 is 1.09 bits per heavy atom. The summed E-state index contributed by atoms with van der Waals surface area (Å²) in [7, 11) is 0. The standard InChI is InChI=1S/C30H22ClF3N8O/c1-13-2-3-14-8-15(4-6-20(14)35-13)25-28(34)38-29(37-25)26-17-10-18(17)30-36-21(11-24(43)42(26)30)19-9-16(31)5-7-23(19)41-12-22(27(32)33)39-40-41/h4-9,11-12,17-18,26-27,35H,1-3,10H2,(H,37,38). The van der Waals surface area contributed by atoms with Crippen LogP contribution in [0.4, 0.5) is 18.9 Å². The van der Waals surface area contributed by atoms with Crippen LogP contribution in [-0.2, 0) is 6.42 Å². The molecule has 5 aromatic rings. The lowest BCUT2D eigenvalue weighted by Crippen LogP contribution is -2.27. The molecule has 2 aromatic carbocycles. The van der Waals surface area contributed by atoms with Crippen molar-refractivity contribution in [2.24, 2.45) is 5.92 Å². The predicted molar refractivity (Wildman–Crippen MR) is 153 cm³/mol. The Bertz CT molecular complexity index is 2030. The lowest BCUT2D eigenvalue weighted by atomic mass is 9.98. The Labute approximate surface area is 247 Å². The average molecular weight is 603 g/mol. The van der Waals surface area contributed by atoms with Crippen LogP contribution in [0.25, 0.3) is 28.2 Å². The van der Waals surface area contributed by atoms with Crippen LogP contribution in [0.15, 0.2) is 65.7 Å². The van der Waals surface area contributed by atoms with E-state index in [-0.39, 0.29) is 23.1 Å². The number of aromatic amines is 1.